The van der Waals surface area contributed by atoms with Gasteiger partial charge in [-0.3, -0.25) is 4.79 Å². The second-order valence-corrected chi connectivity index (χ2v) is 4.37. The van der Waals surface area contributed by atoms with Crippen molar-refractivity contribution in [1.82, 2.24) is 4.98 Å². The first-order chi connectivity index (χ1) is 10.0. The lowest BCUT2D eigenvalue weighted by Gasteiger charge is -2.09. The highest BCUT2D eigenvalue weighted by Gasteiger charge is 2.17. The molecule has 0 fully saturated rings. The fourth-order valence-corrected chi connectivity index (χ4v) is 1.88. The average molecular weight is 302 g/mol. The second kappa shape index (κ2) is 6.03. The van der Waals surface area contributed by atoms with Gasteiger partial charge in [-0.15, -0.1) is 0 Å². The lowest BCUT2D eigenvalue weighted by molar-refractivity contribution is 0.0698. The Hall–Kier alpha value is -2.91. The van der Waals surface area contributed by atoms with Gasteiger partial charge in [0.2, 0.25) is 0 Å². The molecule has 104 valence electrons. The highest BCUT2D eigenvalue weighted by molar-refractivity contribution is 6.34. The van der Waals surface area contributed by atoms with E-state index in [1.807, 2.05) is 6.07 Å². The van der Waals surface area contributed by atoms with Gasteiger partial charge in [0.1, 0.15) is 17.3 Å². The number of halogens is 1. The number of amides is 1. The maximum Gasteiger partial charge on any atom is 0.339 e. The summed E-state index contributed by atoms with van der Waals surface area (Å²) < 4.78 is 0. The van der Waals surface area contributed by atoms with Gasteiger partial charge in [0.25, 0.3) is 5.91 Å². The van der Waals surface area contributed by atoms with Crippen molar-refractivity contribution >= 4 is 29.2 Å². The number of hydrogen-bond donors (Lipinski definition) is 2. The summed E-state index contributed by atoms with van der Waals surface area (Å²) in [5.41, 5.74) is 0.262. The third kappa shape index (κ3) is 3.16. The summed E-state index contributed by atoms with van der Waals surface area (Å²) in [5, 5.41) is 20.2. The van der Waals surface area contributed by atoms with E-state index in [4.69, 9.17) is 22.0 Å². The summed E-state index contributed by atoms with van der Waals surface area (Å²) in [4.78, 5) is 27.0. The molecule has 0 bridgehead atoms. The molecule has 0 aliphatic carbocycles. The van der Waals surface area contributed by atoms with Crippen LogP contribution in [-0.2, 0) is 0 Å². The Morgan fingerprint density at radius 1 is 1.29 bits per heavy atom. The van der Waals surface area contributed by atoms with Crippen LogP contribution in [0, 0.1) is 11.3 Å². The Bertz CT molecular complexity index is 751. The zero-order chi connectivity index (χ0) is 15.4. The molecule has 0 saturated carbocycles. The third-order valence-corrected chi connectivity index (χ3v) is 2.92. The van der Waals surface area contributed by atoms with E-state index in [0.29, 0.717) is 5.56 Å². The topological polar surface area (TPSA) is 103 Å². The minimum atomic E-state index is -1.25. The fraction of sp³-hybridized carbons (Fsp3) is 0. The molecule has 2 N–H and O–H groups in total. The number of carboxylic acids is 1. The maximum absolute atomic E-state index is 12.0. The van der Waals surface area contributed by atoms with Crippen LogP contribution in [0.25, 0.3) is 0 Å². The van der Waals surface area contributed by atoms with Crippen LogP contribution in [0.5, 0.6) is 0 Å². The number of nitrogens with zero attached hydrogens (tertiary/aromatic N) is 2. The number of aromatic carboxylic acids is 1. The molecule has 21 heavy (non-hydrogen) atoms. The number of aromatic nitrogens is 1. The van der Waals surface area contributed by atoms with Crippen LogP contribution >= 0.6 is 11.6 Å². The predicted octanol–water partition coefficient (Wildman–Crippen LogP) is 2.56. The Balaban J connectivity index is 2.29. The first-order valence-corrected chi connectivity index (χ1v) is 6.10. The lowest BCUT2D eigenvalue weighted by atomic mass is 10.1. The Morgan fingerprint density at radius 3 is 2.62 bits per heavy atom. The highest BCUT2D eigenvalue weighted by atomic mass is 35.5. The van der Waals surface area contributed by atoms with Gasteiger partial charge < -0.3 is 10.4 Å². The molecule has 0 radical (unpaired) electrons. The molecule has 0 aliphatic rings. The monoisotopic (exact) mass is 301 g/mol. The van der Waals surface area contributed by atoms with Crippen molar-refractivity contribution in [1.29, 1.82) is 5.26 Å². The summed E-state index contributed by atoms with van der Waals surface area (Å²) in [5.74, 6) is -1.84. The molecule has 6 nitrogen and oxygen atoms in total. The average Bonchev–Trinajstić information content (AvgIpc) is 2.47. The summed E-state index contributed by atoms with van der Waals surface area (Å²) >= 11 is 5.81. The van der Waals surface area contributed by atoms with E-state index in [1.54, 1.807) is 0 Å². The summed E-state index contributed by atoms with van der Waals surface area (Å²) in [6.07, 6.45) is 1.25. The van der Waals surface area contributed by atoms with Gasteiger partial charge in [-0.1, -0.05) is 17.7 Å². The first-order valence-electron chi connectivity index (χ1n) is 5.72. The molecule has 1 aromatic heterocycles. The van der Waals surface area contributed by atoms with Gasteiger partial charge in [0, 0.05) is 6.20 Å². The van der Waals surface area contributed by atoms with Crippen LogP contribution in [-0.4, -0.2) is 22.0 Å². The van der Waals surface area contributed by atoms with Crippen LogP contribution in [0.2, 0.25) is 5.02 Å². The summed E-state index contributed by atoms with van der Waals surface area (Å²) in [6, 6.07) is 9.07. The van der Waals surface area contributed by atoms with Crippen LogP contribution < -0.4 is 5.32 Å². The van der Waals surface area contributed by atoms with E-state index in [-0.39, 0.29) is 22.0 Å². The summed E-state index contributed by atoms with van der Waals surface area (Å²) in [6.45, 7) is 0. The SMILES string of the molecule is N#Cc1ccc(C(=O)Nc2cccc(Cl)c2C(=O)O)nc1. The number of anilines is 1. The minimum absolute atomic E-state index is 0.0214. The number of nitriles is 1. The van der Waals surface area contributed by atoms with Crippen LogP contribution in [0.1, 0.15) is 26.4 Å². The zero-order valence-corrected chi connectivity index (χ0v) is 11.3. The molecule has 1 aromatic carbocycles. The number of carboxylic acid groups (broad SMARTS) is 1. The molecule has 1 heterocycles. The molecule has 2 aromatic rings. The van der Waals surface area contributed by atoms with Gasteiger partial charge in [-0.2, -0.15) is 5.26 Å². The molecule has 0 aliphatic heterocycles. The number of benzene rings is 1. The second-order valence-electron chi connectivity index (χ2n) is 3.97. The maximum atomic E-state index is 12.0. The van der Waals surface area contributed by atoms with Crippen molar-refractivity contribution in [3.05, 3.63) is 58.4 Å². The van der Waals surface area contributed by atoms with Crippen molar-refractivity contribution in [3.8, 4) is 6.07 Å². The van der Waals surface area contributed by atoms with E-state index < -0.39 is 11.9 Å². The normalized spacial score (nSPS) is 9.71. The molecule has 2 rings (SSSR count). The molecule has 1 amide bonds. The van der Waals surface area contributed by atoms with Crippen LogP contribution in [0.15, 0.2) is 36.5 Å². The largest absolute Gasteiger partial charge is 0.478 e. The van der Waals surface area contributed by atoms with Gasteiger partial charge in [-0.25, -0.2) is 9.78 Å². The van der Waals surface area contributed by atoms with Crippen molar-refractivity contribution in [3.63, 3.8) is 0 Å². The number of carbonyl (C=O) groups is 2. The van der Waals surface area contributed by atoms with Gasteiger partial charge in [0.05, 0.1) is 16.3 Å². The van der Waals surface area contributed by atoms with Crippen molar-refractivity contribution in [2.75, 3.05) is 5.32 Å². The van der Waals surface area contributed by atoms with Gasteiger partial charge >= 0.3 is 5.97 Å². The molecular weight excluding hydrogens is 294 g/mol. The smallest absolute Gasteiger partial charge is 0.339 e. The predicted molar refractivity (Wildman–Crippen MR) is 75.3 cm³/mol. The third-order valence-electron chi connectivity index (χ3n) is 2.60. The number of nitrogens with one attached hydrogen (secondary N) is 1. The molecule has 0 unspecified atom stereocenters. The summed E-state index contributed by atoms with van der Waals surface area (Å²) in [7, 11) is 0. The zero-order valence-electron chi connectivity index (χ0n) is 10.5. The van der Waals surface area contributed by atoms with E-state index in [1.165, 1.54) is 36.5 Å². The standard InChI is InChI=1S/C14H8ClN3O3/c15-9-2-1-3-10(12(9)14(20)21)18-13(19)11-5-4-8(6-16)7-17-11/h1-5,7H,(H,18,19)(H,20,21). The number of rotatable bonds is 3. The molecule has 0 atom stereocenters. The number of carbonyl (C=O) groups excluding carboxylic acids is 1. The first kappa shape index (κ1) is 14.5. The van der Waals surface area contributed by atoms with Crippen LogP contribution in [0.3, 0.4) is 0 Å². The van der Waals surface area contributed by atoms with E-state index in [0.717, 1.165) is 0 Å². The number of hydrogen-bond acceptors (Lipinski definition) is 4. The van der Waals surface area contributed by atoms with Crippen molar-refractivity contribution in [2.45, 2.75) is 0 Å². The molecule has 0 saturated heterocycles. The van der Waals surface area contributed by atoms with E-state index in [9.17, 15) is 9.59 Å². The molecule has 7 heteroatoms. The van der Waals surface area contributed by atoms with Gasteiger partial charge in [0.15, 0.2) is 0 Å². The Morgan fingerprint density at radius 2 is 2.05 bits per heavy atom. The fourth-order valence-electron chi connectivity index (χ4n) is 1.63. The van der Waals surface area contributed by atoms with Crippen molar-refractivity contribution < 1.29 is 14.7 Å². The molecular formula is C14H8ClN3O3. The van der Waals surface area contributed by atoms with Gasteiger partial charge in [-0.05, 0) is 24.3 Å². The quantitative estimate of drug-likeness (QED) is 0.906. The van der Waals surface area contributed by atoms with Crippen LogP contribution in [0.4, 0.5) is 5.69 Å². The molecule has 0 spiro atoms. The van der Waals surface area contributed by atoms with E-state index in [2.05, 4.69) is 10.3 Å². The van der Waals surface area contributed by atoms with Crippen molar-refractivity contribution in [2.24, 2.45) is 0 Å². The Kier molecular flexibility index (Phi) is 4.16. The Labute approximate surface area is 124 Å². The number of pyridine rings is 1. The van der Waals surface area contributed by atoms with E-state index >= 15 is 0 Å². The highest BCUT2D eigenvalue weighted by Crippen LogP contribution is 2.24. The minimum Gasteiger partial charge on any atom is -0.478 e. The lowest BCUT2D eigenvalue weighted by Crippen LogP contribution is -2.16.